The van der Waals surface area contributed by atoms with Gasteiger partial charge in [0.1, 0.15) is 0 Å². The van der Waals surface area contributed by atoms with Gasteiger partial charge in [-0.1, -0.05) is 18.2 Å². The molecule has 4 heteroatoms. The molecule has 21 heavy (non-hydrogen) atoms. The van der Waals surface area contributed by atoms with Crippen LogP contribution in [-0.4, -0.2) is 23.5 Å². The van der Waals surface area contributed by atoms with Crippen molar-refractivity contribution >= 4 is 11.8 Å². The SMILES string of the molecule is NNC(C1CCOC2(CCC2)C1)C1Cc2ccccc2S1. The minimum Gasteiger partial charge on any atom is -0.375 e. The van der Waals surface area contributed by atoms with Crippen LogP contribution in [0.25, 0.3) is 0 Å². The maximum absolute atomic E-state index is 6.08. The molecule has 3 nitrogen and oxygen atoms in total. The molecule has 2 fully saturated rings. The molecule has 1 aromatic carbocycles. The summed E-state index contributed by atoms with van der Waals surface area (Å²) in [6.07, 6.45) is 7.30. The van der Waals surface area contributed by atoms with Crippen molar-refractivity contribution in [2.45, 2.75) is 60.3 Å². The summed E-state index contributed by atoms with van der Waals surface area (Å²) >= 11 is 2.00. The van der Waals surface area contributed by atoms with Crippen molar-refractivity contribution < 1.29 is 4.74 Å². The molecule has 3 unspecified atom stereocenters. The van der Waals surface area contributed by atoms with E-state index in [1.807, 2.05) is 11.8 Å². The van der Waals surface area contributed by atoms with Crippen LogP contribution in [0.3, 0.4) is 0 Å². The van der Waals surface area contributed by atoms with E-state index in [0.29, 0.717) is 17.2 Å². The van der Waals surface area contributed by atoms with Crippen LogP contribution in [-0.2, 0) is 11.2 Å². The molecular weight excluding hydrogens is 280 g/mol. The average Bonchev–Trinajstić information content (AvgIpc) is 2.90. The summed E-state index contributed by atoms with van der Waals surface area (Å²) in [4.78, 5) is 1.44. The Labute approximate surface area is 131 Å². The lowest BCUT2D eigenvalue weighted by Gasteiger charge is -2.49. The Morgan fingerprint density at radius 1 is 1.33 bits per heavy atom. The van der Waals surface area contributed by atoms with Crippen LogP contribution >= 0.6 is 11.8 Å². The van der Waals surface area contributed by atoms with Crippen molar-refractivity contribution in [1.82, 2.24) is 5.43 Å². The predicted octanol–water partition coefficient (Wildman–Crippen LogP) is 2.88. The molecule has 3 aliphatic rings. The van der Waals surface area contributed by atoms with E-state index in [0.717, 1.165) is 19.4 Å². The highest BCUT2D eigenvalue weighted by atomic mass is 32.2. The fourth-order valence-electron chi connectivity index (χ4n) is 4.25. The number of fused-ring (bicyclic) bond motifs is 1. The number of hydrogen-bond donors (Lipinski definition) is 2. The number of hydrogen-bond acceptors (Lipinski definition) is 4. The van der Waals surface area contributed by atoms with Crippen molar-refractivity contribution in [1.29, 1.82) is 0 Å². The van der Waals surface area contributed by atoms with Crippen molar-refractivity contribution in [2.75, 3.05) is 6.61 Å². The molecule has 0 aromatic heterocycles. The van der Waals surface area contributed by atoms with Crippen LogP contribution in [0.5, 0.6) is 0 Å². The van der Waals surface area contributed by atoms with Gasteiger partial charge in [0.05, 0.1) is 5.60 Å². The van der Waals surface area contributed by atoms with Gasteiger partial charge in [0, 0.05) is 22.8 Å². The van der Waals surface area contributed by atoms with Crippen LogP contribution in [0.1, 0.15) is 37.7 Å². The van der Waals surface area contributed by atoms with Gasteiger partial charge in [0.2, 0.25) is 0 Å². The number of nitrogens with two attached hydrogens (primary N) is 1. The Kier molecular flexibility index (Phi) is 3.74. The first-order chi connectivity index (χ1) is 10.3. The number of thioether (sulfide) groups is 1. The highest BCUT2D eigenvalue weighted by Crippen LogP contribution is 2.47. The standard InChI is InChI=1S/C17H24N2OS/c18-19-16(13-6-9-20-17(11-13)7-3-8-17)15-10-12-4-1-2-5-14(12)21-15/h1-2,4-5,13,15-16,19H,3,6-11,18H2. The van der Waals surface area contributed by atoms with E-state index in [4.69, 9.17) is 10.6 Å². The minimum absolute atomic E-state index is 0.203. The summed E-state index contributed by atoms with van der Waals surface area (Å²) < 4.78 is 6.08. The van der Waals surface area contributed by atoms with E-state index in [1.165, 1.54) is 36.1 Å². The molecule has 1 spiro atoms. The fourth-order valence-corrected chi connectivity index (χ4v) is 5.74. The lowest BCUT2D eigenvalue weighted by atomic mass is 9.70. The molecule has 3 atom stereocenters. The number of ether oxygens (including phenoxy) is 1. The maximum atomic E-state index is 6.08. The maximum Gasteiger partial charge on any atom is 0.0685 e. The Bertz CT molecular complexity index is 492. The lowest BCUT2D eigenvalue weighted by Crippen LogP contribution is -2.54. The van der Waals surface area contributed by atoms with Gasteiger partial charge >= 0.3 is 0 Å². The van der Waals surface area contributed by atoms with Gasteiger partial charge in [-0.2, -0.15) is 0 Å². The molecule has 3 N–H and O–H groups in total. The second-order valence-electron chi connectivity index (χ2n) is 6.80. The molecule has 0 radical (unpaired) electrons. The monoisotopic (exact) mass is 304 g/mol. The van der Waals surface area contributed by atoms with Gasteiger partial charge in [0.15, 0.2) is 0 Å². The average molecular weight is 304 g/mol. The summed E-state index contributed by atoms with van der Waals surface area (Å²) in [5, 5.41) is 0.563. The summed E-state index contributed by atoms with van der Waals surface area (Å²) in [5.74, 6) is 6.61. The van der Waals surface area contributed by atoms with Gasteiger partial charge in [-0.25, -0.2) is 0 Å². The topological polar surface area (TPSA) is 47.3 Å². The van der Waals surface area contributed by atoms with Crippen LogP contribution in [0.2, 0.25) is 0 Å². The first-order valence-corrected chi connectivity index (χ1v) is 9.02. The number of hydrazine groups is 1. The summed E-state index contributed by atoms with van der Waals surface area (Å²) in [5.41, 5.74) is 4.85. The van der Waals surface area contributed by atoms with Crippen LogP contribution in [0.4, 0.5) is 0 Å². The van der Waals surface area contributed by atoms with Crippen molar-refractivity contribution in [3.05, 3.63) is 29.8 Å². The summed E-state index contributed by atoms with van der Waals surface area (Å²) in [7, 11) is 0. The molecule has 2 aliphatic heterocycles. The highest BCUT2D eigenvalue weighted by molar-refractivity contribution is 8.00. The molecule has 1 aliphatic carbocycles. The Balaban J connectivity index is 1.48. The van der Waals surface area contributed by atoms with Crippen LogP contribution in [0, 0.1) is 5.92 Å². The number of nitrogens with one attached hydrogen (secondary N) is 1. The molecule has 2 heterocycles. The normalized spacial score (nSPS) is 31.7. The second kappa shape index (κ2) is 5.58. The van der Waals surface area contributed by atoms with Crippen molar-refractivity contribution in [3.8, 4) is 0 Å². The quantitative estimate of drug-likeness (QED) is 0.666. The smallest absolute Gasteiger partial charge is 0.0685 e. The Hall–Kier alpha value is -0.550. The molecular formula is C17H24N2OS. The summed E-state index contributed by atoms with van der Waals surface area (Å²) in [6, 6.07) is 9.17. The zero-order valence-corrected chi connectivity index (χ0v) is 13.2. The lowest BCUT2D eigenvalue weighted by molar-refractivity contribution is -0.147. The largest absolute Gasteiger partial charge is 0.375 e. The second-order valence-corrected chi connectivity index (χ2v) is 8.08. The molecule has 4 rings (SSSR count). The number of rotatable bonds is 3. The zero-order chi connectivity index (χ0) is 14.3. The highest BCUT2D eigenvalue weighted by Gasteiger charge is 2.46. The van der Waals surface area contributed by atoms with Crippen molar-refractivity contribution in [2.24, 2.45) is 11.8 Å². The van der Waals surface area contributed by atoms with Gasteiger partial charge in [-0.15, -0.1) is 11.8 Å². The minimum atomic E-state index is 0.203. The first kappa shape index (κ1) is 14.1. The molecule has 0 amide bonds. The number of benzene rings is 1. The van der Waals surface area contributed by atoms with E-state index in [1.54, 1.807) is 0 Å². The van der Waals surface area contributed by atoms with E-state index >= 15 is 0 Å². The van der Waals surface area contributed by atoms with E-state index in [-0.39, 0.29) is 5.60 Å². The first-order valence-electron chi connectivity index (χ1n) is 8.14. The molecule has 1 saturated heterocycles. The van der Waals surface area contributed by atoms with Gasteiger partial charge in [0.25, 0.3) is 0 Å². The molecule has 1 aromatic rings. The predicted molar refractivity (Wildman–Crippen MR) is 86.2 cm³/mol. The third-order valence-corrected chi connectivity index (χ3v) is 6.98. The zero-order valence-electron chi connectivity index (χ0n) is 12.4. The molecule has 114 valence electrons. The van der Waals surface area contributed by atoms with E-state index in [9.17, 15) is 0 Å². The van der Waals surface area contributed by atoms with Gasteiger partial charge in [-0.3, -0.25) is 11.3 Å². The van der Waals surface area contributed by atoms with Crippen LogP contribution in [0.15, 0.2) is 29.2 Å². The van der Waals surface area contributed by atoms with Gasteiger partial charge < -0.3 is 4.74 Å². The van der Waals surface area contributed by atoms with E-state index < -0.39 is 0 Å². The molecule has 1 saturated carbocycles. The third-order valence-electron chi connectivity index (χ3n) is 5.57. The van der Waals surface area contributed by atoms with Crippen LogP contribution < -0.4 is 11.3 Å². The Morgan fingerprint density at radius 2 is 2.19 bits per heavy atom. The van der Waals surface area contributed by atoms with Gasteiger partial charge in [-0.05, 0) is 56.1 Å². The fraction of sp³-hybridized carbons (Fsp3) is 0.647. The van der Waals surface area contributed by atoms with Crippen molar-refractivity contribution in [3.63, 3.8) is 0 Å². The van der Waals surface area contributed by atoms with E-state index in [2.05, 4.69) is 29.7 Å². The summed E-state index contributed by atoms with van der Waals surface area (Å²) in [6.45, 7) is 0.910. The molecule has 0 bridgehead atoms. The third kappa shape index (κ3) is 2.52. The Morgan fingerprint density at radius 3 is 2.90 bits per heavy atom.